The number of nitrogens with one attached hydrogen (secondary N) is 1. The average Bonchev–Trinajstić information content (AvgIpc) is 2.26. The van der Waals surface area contributed by atoms with Gasteiger partial charge >= 0.3 is 5.97 Å². The van der Waals surface area contributed by atoms with Crippen LogP contribution in [0.2, 0.25) is 0 Å². The molecule has 0 radical (unpaired) electrons. The van der Waals surface area contributed by atoms with Gasteiger partial charge in [-0.15, -0.1) is 0 Å². The lowest BCUT2D eigenvalue weighted by Gasteiger charge is -2.23. The van der Waals surface area contributed by atoms with Crippen LogP contribution in [0, 0.1) is 0 Å². The van der Waals surface area contributed by atoms with E-state index in [1.54, 1.807) is 0 Å². The molecule has 0 spiro atoms. The van der Waals surface area contributed by atoms with E-state index in [4.69, 9.17) is 4.74 Å². The highest BCUT2D eigenvalue weighted by molar-refractivity contribution is 5.93. The SMILES string of the molecule is CC(C)(C)OC(=O)c1cccc2c1CCCN2. The van der Waals surface area contributed by atoms with Gasteiger partial charge in [0.15, 0.2) is 0 Å². The van der Waals surface area contributed by atoms with Crippen LogP contribution in [0.5, 0.6) is 0 Å². The maximum atomic E-state index is 12.1. The number of ether oxygens (including phenoxy) is 1. The van der Waals surface area contributed by atoms with Crippen LogP contribution in [0.3, 0.4) is 0 Å². The zero-order valence-electron chi connectivity index (χ0n) is 10.7. The molecule has 92 valence electrons. The average molecular weight is 233 g/mol. The summed E-state index contributed by atoms with van der Waals surface area (Å²) in [7, 11) is 0. The van der Waals surface area contributed by atoms with Crippen LogP contribution in [0.15, 0.2) is 18.2 Å². The van der Waals surface area contributed by atoms with Gasteiger partial charge in [0.05, 0.1) is 5.56 Å². The minimum Gasteiger partial charge on any atom is -0.456 e. The first-order valence-corrected chi connectivity index (χ1v) is 6.06. The monoisotopic (exact) mass is 233 g/mol. The Kier molecular flexibility index (Phi) is 3.09. The van der Waals surface area contributed by atoms with Gasteiger partial charge < -0.3 is 10.1 Å². The fraction of sp³-hybridized carbons (Fsp3) is 0.500. The molecule has 1 aromatic carbocycles. The molecule has 3 heteroatoms. The van der Waals surface area contributed by atoms with E-state index in [0.29, 0.717) is 5.56 Å². The number of fused-ring (bicyclic) bond motifs is 1. The van der Waals surface area contributed by atoms with Gasteiger partial charge in [0, 0.05) is 12.2 Å². The molecule has 0 bridgehead atoms. The smallest absolute Gasteiger partial charge is 0.339 e. The first-order valence-electron chi connectivity index (χ1n) is 6.06. The minimum absolute atomic E-state index is 0.224. The van der Waals surface area contributed by atoms with Crippen LogP contribution in [-0.2, 0) is 11.2 Å². The zero-order valence-corrected chi connectivity index (χ0v) is 10.7. The van der Waals surface area contributed by atoms with Crippen molar-refractivity contribution in [2.75, 3.05) is 11.9 Å². The van der Waals surface area contributed by atoms with Crippen molar-refractivity contribution in [2.45, 2.75) is 39.2 Å². The third-order valence-corrected chi connectivity index (χ3v) is 2.71. The molecule has 2 rings (SSSR count). The van der Waals surface area contributed by atoms with Crippen molar-refractivity contribution in [1.29, 1.82) is 0 Å². The molecule has 1 N–H and O–H groups in total. The third-order valence-electron chi connectivity index (χ3n) is 2.71. The summed E-state index contributed by atoms with van der Waals surface area (Å²) in [4.78, 5) is 12.1. The Hall–Kier alpha value is -1.51. The maximum Gasteiger partial charge on any atom is 0.339 e. The molecule has 0 aliphatic carbocycles. The highest BCUT2D eigenvalue weighted by atomic mass is 16.6. The molecule has 0 unspecified atom stereocenters. The molecule has 1 aliphatic heterocycles. The predicted molar refractivity (Wildman–Crippen MR) is 68.4 cm³/mol. The number of hydrogen-bond donors (Lipinski definition) is 1. The molecule has 0 aromatic heterocycles. The number of hydrogen-bond acceptors (Lipinski definition) is 3. The number of benzene rings is 1. The second-order valence-electron chi connectivity index (χ2n) is 5.36. The summed E-state index contributed by atoms with van der Waals surface area (Å²) in [6, 6.07) is 5.76. The number of anilines is 1. The number of carbonyl (C=O) groups excluding carboxylic acids is 1. The van der Waals surface area contributed by atoms with E-state index in [1.165, 1.54) is 0 Å². The number of rotatable bonds is 1. The normalized spacial score (nSPS) is 14.8. The van der Waals surface area contributed by atoms with E-state index in [9.17, 15) is 4.79 Å². The van der Waals surface area contributed by atoms with Crippen LogP contribution >= 0.6 is 0 Å². The van der Waals surface area contributed by atoms with Crippen molar-refractivity contribution >= 4 is 11.7 Å². The van der Waals surface area contributed by atoms with Gasteiger partial charge in [0.2, 0.25) is 0 Å². The lowest BCUT2D eigenvalue weighted by atomic mass is 9.97. The Morgan fingerprint density at radius 3 is 2.82 bits per heavy atom. The van der Waals surface area contributed by atoms with Gasteiger partial charge in [0.25, 0.3) is 0 Å². The molecule has 1 aromatic rings. The summed E-state index contributed by atoms with van der Waals surface area (Å²) in [5, 5.41) is 3.31. The minimum atomic E-state index is -0.443. The predicted octanol–water partition coefficient (Wildman–Crippen LogP) is 3.00. The largest absolute Gasteiger partial charge is 0.456 e. The molecule has 0 saturated heterocycles. The fourth-order valence-electron chi connectivity index (χ4n) is 2.03. The van der Waals surface area contributed by atoms with Gasteiger partial charge in [0.1, 0.15) is 5.60 Å². The second kappa shape index (κ2) is 4.40. The molecule has 0 amide bonds. The van der Waals surface area contributed by atoms with E-state index >= 15 is 0 Å². The quantitative estimate of drug-likeness (QED) is 0.758. The Bertz CT molecular complexity index is 432. The summed E-state index contributed by atoms with van der Waals surface area (Å²) >= 11 is 0. The molecule has 0 fully saturated rings. The summed E-state index contributed by atoms with van der Waals surface area (Å²) in [5.41, 5.74) is 2.42. The van der Waals surface area contributed by atoms with Crippen molar-refractivity contribution in [2.24, 2.45) is 0 Å². The lowest BCUT2D eigenvalue weighted by molar-refractivity contribution is 0.00683. The maximum absolute atomic E-state index is 12.1. The fourth-order valence-corrected chi connectivity index (χ4v) is 2.03. The first kappa shape index (κ1) is 12.0. The van der Waals surface area contributed by atoms with E-state index in [2.05, 4.69) is 5.32 Å². The zero-order chi connectivity index (χ0) is 12.5. The van der Waals surface area contributed by atoms with Crippen molar-refractivity contribution in [1.82, 2.24) is 0 Å². The number of esters is 1. The van der Waals surface area contributed by atoms with E-state index < -0.39 is 5.60 Å². The van der Waals surface area contributed by atoms with E-state index in [1.807, 2.05) is 39.0 Å². The van der Waals surface area contributed by atoms with Crippen LogP contribution < -0.4 is 5.32 Å². The molecule has 0 saturated carbocycles. The Morgan fingerprint density at radius 1 is 1.35 bits per heavy atom. The highest BCUT2D eigenvalue weighted by Crippen LogP contribution is 2.26. The summed E-state index contributed by atoms with van der Waals surface area (Å²) in [6.45, 7) is 6.64. The van der Waals surface area contributed by atoms with Crippen molar-refractivity contribution in [3.63, 3.8) is 0 Å². The third kappa shape index (κ3) is 2.78. The van der Waals surface area contributed by atoms with Crippen LogP contribution in [0.4, 0.5) is 5.69 Å². The van der Waals surface area contributed by atoms with Crippen molar-refractivity contribution < 1.29 is 9.53 Å². The standard InChI is InChI=1S/C14H19NO2/c1-14(2,3)17-13(16)11-6-4-8-12-10(11)7-5-9-15-12/h4,6,8,15H,5,7,9H2,1-3H3. The van der Waals surface area contributed by atoms with Crippen LogP contribution in [0.25, 0.3) is 0 Å². The van der Waals surface area contributed by atoms with E-state index in [0.717, 1.165) is 30.6 Å². The van der Waals surface area contributed by atoms with Gasteiger partial charge in [-0.2, -0.15) is 0 Å². The van der Waals surface area contributed by atoms with Gasteiger partial charge in [-0.3, -0.25) is 0 Å². The Balaban J connectivity index is 2.29. The molecule has 1 heterocycles. The van der Waals surface area contributed by atoms with Gasteiger partial charge in [-0.25, -0.2) is 4.79 Å². The Labute approximate surface area is 102 Å². The summed E-state index contributed by atoms with van der Waals surface area (Å²) in [5.74, 6) is -0.224. The summed E-state index contributed by atoms with van der Waals surface area (Å²) < 4.78 is 5.42. The van der Waals surface area contributed by atoms with Crippen LogP contribution in [-0.4, -0.2) is 18.1 Å². The van der Waals surface area contributed by atoms with Crippen LogP contribution in [0.1, 0.15) is 43.1 Å². The highest BCUT2D eigenvalue weighted by Gasteiger charge is 2.22. The molecule has 17 heavy (non-hydrogen) atoms. The summed E-state index contributed by atoms with van der Waals surface area (Å²) in [6.07, 6.45) is 2.00. The Morgan fingerprint density at radius 2 is 2.12 bits per heavy atom. The van der Waals surface area contributed by atoms with Crippen molar-refractivity contribution in [3.05, 3.63) is 29.3 Å². The lowest BCUT2D eigenvalue weighted by Crippen LogP contribution is -2.25. The van der Waals surface area contributed by atoms with E-state index in [-0.39, 0.29) is 5.97 Å². The van der Waals surface area contributed by atoms with Gasteiger partial charge in [-0.05, 0) is 51.3 Å². The first-order chi connectivity index (χ1) is 7.97. The molecule has 1 aliphatic rings. The second-order valence-corrected chi connectivity index (χ2v) is 5.36. The molecule has 0 atom stereocenters. The van der Waals surface area contributed by atoms with Crippen molar-refractivity contribution in [3.8, 4) is 0 Å². The number of carbonyl (C=O) groups is 1. The molecular formula is C14H19NO2. The van der Waals surface area contributed by atoms with Gasteiger partial charge in [-0.1, -0.05) is 6.07 Å². The topological polar surface area (TPSA) is 38.3 Å². The molecular weight excluding hydrogens is 214 g/mol. The molecule has 3 nitrogen and oxygen atoms in total.